The molecule has 0 amide bonds. The minimum Gasteiger partial charge on any atom is -0.358 e. The Kier molecular flexibility index (Phi) is 1.33. The van der Waals surface area contributed by atoms with Crippen molar-refractivity contribution >= 4 is 11.3 Å². The number of aromatic nitrogens is 1. The lowest BCUT2D eigenvalue weighted by Crippen LogP contribution is -1.95. The van der Waals surface area contributed by atoms with Crippen molar-refractivity contribution in [3.63, 3.8) is 0 Å². The van der Waals surface area contributed by atoms with Gasteiger partial charge in [0.2, 0.25) is 0 Å². The summed E-state index contributed by atoms with van der Waals surface area (Å²) in [6.45, 7) is 0. The molecule has 2 aromatic rings. The molecular formula is C8H6N2O2. The number of hydrogen-bond acceptors (Lipinski definition) is 2. The minimum absolute atomic E-state index is 0.0949. The molecule has 0 radical (unpaired) electrons. The summed E-state index contributed by atoms with van der Waals surface area (Å²) in [6.07, 6.45) is 1.67. The van der Waals surface area contributed by atoms with Crippen molar-refractivity contribution in [2.75, 3.05) is 0 Å². The predicted octanol–water partition coefficient (Wildman–Crippen LogP) is 1.85. The standard InChI is InChI=1S/C8H6N2O2/c11-10(12)8-5-1-3-7-4-2-6-9(7)8/h1-6H. The third-order valence-electron chi connectivity index (χ3n) is 1.73. The number of hydrogen-bond donors (Lipinski definition) is 0. The third kappa shape index (κ3) is 0.852. The van der Waals surface area contributed by atoms with E-state index >= 15 is 0 Å². The average molecular weight is 162 g/mol. The fourth-order valence-electron chi connectivity index (χ4n) is 1.20. The van der Waals surface area contributed by atoms with Crippen LogP contribution >= 0.6 is 0 Å². The Morgan fingerprint density at radius 1 is 1.25 bits per heavy atom. The molecule has 4 heteroatoms. The molecule has 0 atom stereocenters. The fraction of sp³-hybridized carbons (Fsp3) is 0. The van der Waals surface area contributed by atoms with Crippen LogP contribution in [0.4, 0.5) is 5.82 Å². The van der Waals surface area contributed by atoms with Crippen LogP contribution in [0, 0.1) is 10.1 Å². The average Bonchev–Trinajstić information content (AvgIpc) is 2.49. The summed E-state index contributed by atoms with van der Waals surface area (Å²) in [5, 5.41) is 10.5. The maximum atomic E-state index is 10.5. The van der Waals surface area contributed by atoms with Gasteiger partial charge in [0.25, 0.3) is 0 Å². The van der Waals surface area contributed by atoms with Gasteiger partial charge < -0.3 is 10.1 Å². The van der Waals surface area contributed by atoms with E-state index in [0.717, 1.165) is 5.52 Å². The first-order chi connectivity index (χ1) is 5.79. The number of rotatable bonds is 1. The number of fused-ring (bicyclic) bond motifs is 1. The zero-order chi connectivity index (χ0) is 8.55. The first kappa shape index (κ1) is 6.84. The van der Waals surface area contributed by atoms with Crippen LogP contribution in [0.1, 0.15) is 0 Å². The maximum Gasteiger partial charge on any atom is 0.327 e. The van der Waals surface area contributed by atoms with Gasteiger partial charge in [-0.1, -0.05) is 0 Å². The molecule has 0 saturated carbocycles. The summed E-state index contributed by atoms with van der Waals surface area (Å²) >= 11 is 0. The number of nitro groups is 1. The first-order valence-corrected chi connectivity index (χ1v) is 3.49. The highest BCUT2D eigenvalue weighted by Gasteiger charge is 2.07. The molecule has 0 aliphatic heterocycles. The lowest BCUT2D eigenvalue weighted by atomic mass is 10.4. The topological polar surface area (TPSA) is 47.5 Å². The summed E-state index contributed by atoms with van der Waals surface area (Å²) < 4.78 is 1.54. The Morgan fingerprint density at radius 2 is 2.00 bits per heavy atom. The van der Waals surface area contributed by atoms with Crippen molar-refractivity contribution in [1.82, 2.24) is 4.40 Å². The van der Waals surface area contributed by atoms with E-state index in [0.29, 0.717) is 0 Å². The number of nitrogens with zero attached hydrogens (tertiary/aromatic N) is 2. The van der Waals surface area contributed by atoms with Crippen LogP contribution in [0.25, 0.3) is 5.52 Å². The molecule has 2 aromatic heterocycles. The molecule has 4 nitrogen and oxygen atoms in total. The van der Waals surface area contributed by atoms with Crippen molar-refractivity contribution < 1.29 is 4.92 Å². The van der Waals surface area contributed by atoms with Gasteiger partial charge in [0.05, 0.1) is 6.20 Å². The Hall–Kier alpha value is -1.84. The fourth-order valence-corrected chi connectivity index (χ4v) is 1.20. The second-order valence-corrected chi connectivity index (χ2v) is 2.44. The lowest BCUT2D eigenvalue weighted by molar-refractivity contribution is -0.390. The smallest absolute Gasteiger partial charge is 0.327 e. The Bertz CT molecular complexity index is 433. The van der Waals surface area contributed by atoms with Gasteiger partial charge in [-0.25, -0.2) is 0 Å². The molecule has 0 aromatic carbocycles. The second kappa shape index (κ2) is 2.34. The van der Waals surface area contributed by atoms with Crippen LogP contribution in [0.15, 0.2) is 36.5 Å². The van der Waals surface area contributed by atoms with Crippen LogP contribution < -0.4 is 0 Å². The molecule has 2 rings (SSSR count). The van der Waals surface area contributed by atoms with Crippen molar-refractivity contribution in [2.24, 2.45) is 0 Å². The molecule has 2 heterocycles. The molecule has 0 unspecified atom stereocenters. The molecule has 0 saturated heterocycles. The van der Waals surface area contributed by atoms with Crippen LogP contribution in [0.2, 0.25) is 0 Å². The normalized spacial score (nSPS) is 10.3. The van der Waals surface area contributed by atoms with Crippen LogP contribution in [-0.2, 0) is 0 Å². The largest absolute Gasteiger partial charge is 0.358 e. The Labute approximate surface area is 68.2 Å². The highest BCUT2D eigenvalue weighted by molar-refractivity contribution is 5.51. The van der Waals surface area contributed by atoms with E-state index in [9.17, 15) is 10.1 Å². The molecule has 60 valence electrons. The second-order valence-electron chi connectivity index (χ2n) is 2.44. The van der Waals surface area contributed by atoms with E-state index in [4.69, 9.17) is 0 Å². The van der Waals surface area contributed by atoms with Crippen molar-refractivity contribution in [3.05, 3.63) is 46.6 Å². The van der Waals surface area contributed by atoms with Crippen molar-refractivity contribution in [2.45, 2.75) is 0 Å². The van der Waals surface area contributed by atoms with E-state index in [1.54, 1.807) is 22.7 Å². The Morgan fingerprint density at radius 3 is 2.75 bits per heavy atom. The molecule has 0 aliphatic rings. The monoisotopic (exact) mass is 162 g/mol. The van der Waals surface area contributed by atoms with E-state index in [1.165, 1.54) is 6.07 Å². The molecule has 0 fully saturated rings. The van der Waals surface area contributed by atoms with Gasteiger partial charge in [0, 0.05) is 6.07 Å². The first-order valence-electron chi connectivity index (χ1n) is 3.49. The Balaban J connectivity index is 2.82. The van der Waals surface area contributed by atoms with Crippen molar-refractivity contribution in [3.8, 4) is 0 Å². The highest BCUT2D eigenvalue weighted by atomic mass is 16.6. The van der Waals surface area contributed by atoms with E-state index in [1.807, 2.05) is 12.1 Å². The molecule has 0 N–H and O–H groups in total. The van der Waals surface area contributed by atoms with Gasteiger partial charge in [0.15, 0.2) is 0 Å². The molecule has 0 bridgehead atoms. The van der Waals surface area contributed by atoms with E-state index in [2.05, 4.69) is 0 Å². The maximum absolute atomic E-state index is 10.5. The third-order valence-corrected chi connectivity index (χ3v) is 1.73. The molecule has 12 heavy (non-hydrogen) atoms. The summed E-state index contributed by atoms with van der Waals surface area (Å²) in [5.41, 5.74) is 0.837. The summed E-state index contributed by atoms with van der Waals surface area (Å²) in [6, 6.07) is 8.59. The van der Waals surface area contributed by atoms with Crippen LogP contribution in [-0.4, -0.2) is 9.32 Å². The SMILES string of the molecule is O=[N+]([O-])c1cccc2cccn12. The highest BCUT2D eigenvalue weighted by Crippen LogP contribution is 2.14. The lowest BCUT2D eigenvalue weighted by Gasteiger charge is -1.95. The zero-order valence-corrected chi connectivity index (χ0v) is 6.18. The predicted molar refractivity (Wildman–Crippen MR) is 44.1 cm³/mol. The quantitative estimate of drug-likeness (QED) is 0.474. The van der Waals surface area contributed by atoms with Gasteiger partial charge >= 0.3 is 5.82 Å². The molecular weight excluding hydrogens is 156 g/mol. The van der Waals surface area contributed by atoms with Crippen LogP contribution in [0.5, 0.6) is 0 Å². The minimum atomic E-state index is -0.396. The molecule has 0 aliphatic carbocycles. The summed E-state index contributed by atoms with van der Waals surface area (Å²) in [7, 11) is 0. The van der Waals surface area contributed by atoms with Gasteiger partial charge in [-0.2, -0.15) is 4.40 Å². The van der Waals surface area contributed by atoms with E-state index in [-0.39, 0.29) is 5.82 Å². The van der Waals surface area contributed by atoms with Gasteiger partial charge in [-0.3, -0.25) is 0 Å². The van der Waals surface area contributed by atoms with Crippen molar-refractivity contribution in [1.29, 1.82) is 0 Å². The van der Waals surface area contributed by atoms with E-state index < -0.39 is 4.92 Å². The zero-order valence-electron chi connectivity index (χ0n) is 6.18. The molecule has 0 spiro atoms. The van der Waals surface area contributed by atoms with Gasteiger partial charge in [-0.05, 0) is 29.2 Å². The summed E-state index contributed by atoms with van der Waals surface area (Å²) in [4.78, 5) is 10.1. The van der Waals surface area contributed by atoms with Gasteiger partial charge in [-0.15, -0.1) is 0 Å². The van der Waals surface area contributed by atoms with Gasteiger partial charge in [0.1, 0.15) is 5.52 Å². The number of pyridine rings is 1. The summed E-state index contributed by atoms with van der Waals surface area (Å²) in [5.74, 6) is 0.0949. The van der Waals surface area contributed by atoms with Crippen LogP contribution in [0.3, 0.4) is 0 Å².